The number of hydrogen-bond acceptors (Lipinski definition) is 5. The van der Waals surface area contributed by atoms with E-state index in [4.69, 9.17) is 0 Å². The van der Waals surface area contributed by atoms with Gasteiger partial charge in [-0.15, -0.1) is 0 Å². The summed E-state index contributed by atoms with van der Waals surface area (Å²) in [5.74, 6) is -0.382. The highest BCUT2D eigenvalue weighted by atomic mass is 19.4. The number of fused-ring (bicyclic) bond motifs is 2. The minimum Gasteiger partial charge on any atom is -0.293 e. The highest BCUT2D eigenvalue weighted by Crippen LogP contribution is 2.39. The van der Waals surface area contributed by atoms with Gasteiger partial charge in [-0.2, -0.15) is 28.5 Å². The van der Waals surface area contributed by atoms with Gasteiger partial charge in [-0.05, 0) is 26.3 Å². The average Bonchev–Trinajstić information content (AvgIpc) is 3.49. The van der Waals surface area contributed by atoms with Crippen LogP contribution in [0.3, 0.4) is 0 Å². The van der Waals surface area contributed by atoms with Gasteiger partial charge in [-0.25, -0.2) is 14.2 Å². The standard InChI is InChI=1S/C20H19F3N8O/c1-3-29-12(2)13(10-26-29)15-4-7-24-18-14(11-27-30(15)18)19(32)28-9-6-16(20(21,22)23)31-17(28)5-8-25-31/h4-5,7-8,10-11,16H,3,6,9H2,1-2H3/t16-/m1/s1. The smallest absolute Gasteiger partial charge is 0.293 e. The number of carbonyl (C=O) groups is 1. The number of amides is 1. The van der Waals surface area contributed by atoms with E-state index in [1.165, 1.54) is 23.4 Å². The molecule has 0 aliphatic carbocycles. The molecule has 0 radical (unpaired) electrons. The Labute approximate surface area is 180 Å². The van der Waals surface area contributed by atoms with Gasteiger partial charge in [-0.1, -0.05) is 0 Å². The molecule has 0 fully saturated rings. The lowest BCUT2D eigenvalue weighted by molar-refractivity contribution is -0.172. The maximum atomic E-state index is 13.4. The van der Waals surface area contributed by atoms with Gasteiger partial charge in [0, 0.05) is 36.6 Å². The summed E-state index contributed by atoms with van der Waals surface area (Å²) in [5.41, 5.74) is 3.03. The summed E-state index contributed by atoms with van der Waals surface area (Å²) in [6.45, 7) is 4.56. The lowest BCUT2D eigenvalue weighted by Gasteiger charge is -2.33. The maximum absolute atomic E-state index is 13.4. The van der Waals surface area contributed by atoms with Crippen molar-refractivity contribution in [2.75, 3.05) is 11.4 Å². The number of hydrogen-bond donors (Lipinski definition) is 0. The van der Waals surface area contributed by atoms with Crippen LogP contribution in [0.4, 0.5) is 19.0 Å². The fourth-order valence-electron chi connectivity index (χ4n) is 4.17. The van der Waals surface area contributed by atoms with Crippen LogP contribution in [-0.4, -0.2) is 52.8 Å². The zero-order valence-corrected chi connectivity index (χ0v) is 17.3. The molecule has 0 saturated heterocycles. The van der Waals surface area contributed by atoms with Crippen LogP contribution in [0.1, 0.15) is 35.4 Å². The van der Waals surface area contributed by atoms with Crippen molar-refractivity contribution in [2.24, 2.45) is 0 Å². The average molecular weight is 444 g/mol. The number of rotatable bonds is 3. The fourth-order valence-corrected chi connectivity index (χ4v) is 4.17. The van der Waals surface area contributed by atoms with E-state index in [2.05, 4.69) is 20.3 Å². The monoisotopic (exact) mass is 444 g/mol. The van der Waals surface area contributed by atoms with Gasteiger partial charge < -0.3 is 0 Å². The third-order valence-corrected chi connectivity index (χ3v) is 5.78. The molecule has 32 heavy (non-hydrogen) atoms. The molecule has 0 bridgehead atoms. The number of alkyl halides is 3. The van der Waals surface area contributed by atoms with Crippen LogP contribution in [0.5, 0.6) is 0 Å². The van der Waals surface area contributed by atoms with Gasteiger partial charge in [0.25, 0.3) is 5.91 Å². The van der Waals surface area contributed by atoms with Gasteiger partial charge in [-0.3, -0.25) is 14.4 Å². The van der Waals surface area contributed by atoms with E-state index in [-0.39, 0.29) is 24.3 Å². The quantitative estimate of drug-likeness (QED) is 0.484. The first-order valence-electron chi connectivity index (χ1n) is 10.1. The molecule has 12 heteroatoms. The number of halogens is 3. The first kappa shape index (κ1) is 20.2. The summed E-state index contributed by atoms with van der Waals surface area (Å²) in [4.78, 5) is 19.0. The van der Waals surface area contributed by atoms with Gasteiger partial charge in [0.2, 0.25) is 0 Å². The predicted octanol–water partition coefficient (Wildman–Crippen LogP) is 3.27. The number of anilines is 1. The van der Waals surface area contributed by atoms with Gasteiger partial charge >= 0.3 is 6.18 Å². The second-order valence-corrected chi connectivity index (χ2v) is 7.52. The lowest BCUT2D eigenvalue weighted by atomic mass is 10.1. The summed E-state index contributed by atoms with van der Waals surface area (Å²) in [6.07, 6.45) is 1.24. The molecule has 1 amide bonds. The van der Waals surface area contributed by atoms with E-state index < -0.39 is 18.1 Å². The van der Waals surface area contributed by atoms with Crippen LogP contribution < -0.4 is 4.90 Å². The van der Waals surface area contributed by atoms with E-state index in [1.807, 2.05) is 18.5 Å². The third-order valence-electron chi connectivity index (χ3n) is 5.78. The van der Waals surface area contributed by atoms with Crippen molar-refractivity contribution in [3.8, 4) is 11.3 Å². The van der Waals surface area contributed by atoms with Crippen molar-refractivity contribution in [2.45, 2.75) is 39.0 Å². The zero-order valence-electron chi connectivity index (χ0n) is 17.3. The molecule has 166 valence electrons. The molecule has 0 aromatic carbocycles. The molecule has 4 aromatic heterocycles. The fraction of sp³-hybridized carbons (Fsp3) is 0.350. The van der Waals surface area contributed by atoms with Crippen LogP contribution >= 0.6 is 0 Å². The number of aromatic nitrogens is 7. The van der Waals surface area contributed by atoms with E-state index in [0.29, 0.717) is 17.9 Å². The van der Waals surface area contributed by atoms with Crippen LogP contribution in [0.15, 0.2) is 36.9 Å². The first-order valence-corrected chi connectivity index (χ1v) is 10.1. The first-order chi connectivity index (χ1) is 15.3. The normalized spacial score (nSPS) is 16.5. The topological polar surface area (TPSA) is 86.1 Å². The second kappa shape index (κ2) is 7.18. The molecule has 4 aromatic rings. The number of nitrogens with zero attached hydrogens (tertiary/aromatic N) is 8. The summed E-state index contributed by atoms with van der Waals surface area (Å²) in [6, 6.07) is 1.42. The second-order valence-electron chi connectivity index (χ2n) is 7.52. The van der Waals surface area contributed by atoms with Gasteiger partial charge in [0.1, 0.15) is 11.4 Å². The molecular formula is C20H19F3N8O. The molecule has 9 nitrogen and oxygen atoms in total. The molecule has 5 rings (SSSR count). The largest absolute Gasteiger partial charge is 0.410 e. The minimum absolute atomic E-state index is 0.0892. The summed E-state index contributed by atoms with van der Waals surface area (Å²) in [7, 11) is 0. The Kier molecular flexibility index (Phi) is 4.53. The highest BCUT2D eigenvalue weighted by molar-refractivity contribution is 6.09. The van der Waals surface area contributed by atoms with Crippen LogP contribution in [-0.2, 0) is 6.54 Å². The molecule has 0 saturated carbocycles. The Bertz CT molecular complexity index is 1320. The Hall–Kier alpha value is -3.70. The van der Waals surface area contributed by atoms with E-state index in [9.17, 15) is 18.0 Å². The Morgan fingerprint density at radius 2 is 1.97 bits per heavy atom. The van der Waals surface area contributed by atoms with Crippen LogP contribution in [0.25, 0.3) is 16.9 Å². The SMILES string of the molecule is CCn1ncc(-c2ccnc3c(C(=O)N4CC[C@H](C(F)(F)F)n5nccc54)cnn23)c1C. The van der Waals surface area contributed by atoms with Crippen molar-refractivity contribution in [3.05, 3.63) is 48.2 Å². The van der Waals surface area contributed by atoms with Crippen LogP contribution in [0.2, 0.25) is 0 Å². The van der Waals surface area contributed by atoms with Crippen molar-refractivity contribution in [1.29, 1.82) is 0 Å². The predicted molar refractivity (Wildman–Crippen MR) is 108 cm³/mol. The van der Waals surface area contributed by atoms with E-state index >= 15 is 0 Å². The number of aryl methyl sites for hydroxylation is 1. The molecule has 0 unspecified atom stereocenters. The molecule has 1 atom stereocenters. The van der Waals surface area contributed by atoms with Crippen molar-refractivity contribution in [3.63, 3.8) is 0 Å². The minimum atomic E-state index is -4.45. The van der Waals surface area contributed by atoms with Gasteiger partial charge in [0.15, 0.2) is 11.7 Å². The molecule has 5 heterocycles. The van der Waals surface area contributed by atoms with E-state index in [0.717, 1.165) is 15.9 Å². The Morgan fingerprint density at radius 1 is 1.16 bits per heavy atom. The van der Waals surface area contributed by atoms with Gasteiger partial charge in [0.05, 0.1) is 24.3 Å². The Morgan fingerprint density at radius 3 is 2.69 bits per heavy atom. The lowest BCUT2D eigenvalue weighted by Crippen LogP contribution is -2.43. The molecule has 0 spiro atoms. The van der Waals surface area contributed by atoms with E-state index in [1.54, 1.807) is 23.0 Å². The molecule has 1 aliphatic heterocycles. The molecule has 1 aliphatic rings. The number of carbonyl (C=O) groups excluding carboxylic acids is 1. The maximum Gasteiger partial charge on any atom is 0.410 e. The summed E-state index contributed by atoms with van der Waals surface area (Å²) < 4.78 is 44.4. The molecular weight excluding hydrogens is 425 g/mol. The third kappa shape index (κ3) is 2.97. The molecule has 0 N–H and O–H groups in total. The van der Waals surface area contributed by atoms with Crippen molar-refractivity contribution >= 4 is 17.4 Å². The summed E-state index contributed by atoms with van der Waals surface area (Å²) in [5, 5.41) is 12.5. The highest BCUT2D eigenvalue weighted by Gasteiger charge is 2.46. The van der Waals surface area contributed by atoms with Crippen molar-refractivity contribution < 1.29 is 18.0 Å². The van der Waals surface area contributed by atoms with Crippen molar-refractivity contribution in [1.82, 2.24) is 34.2 Å². The summed E-state index contributed by atoms with van der Waals surface area (Å²) >= 11 is 0. The zero-order chi connectivity index (χ0) is 22.6. The Balaban J connectivity index is 1.55. The van der Waals surface area contributed by atoms with Crippen LogP contribution in [0, 0.1) is 6.92 Å².